The molecule has 0 unspecified atom stereocenters. The molecule has 0 fully saturated rings. The van der Waals surface area contributed by atoms with Crippen LogP contribution in [0.3, 0.4) is 0 Å². The van der Waals surface area contributed by atoms with Crippen LogP contribution in [0.2, 0.25) is 0 Å². The maximum atomic E-state index is 11.4. The molecule has 1 N–H and O–H groups in total. The molecule has 0 radical (unpaired) electrons. The molecule has 0 spiro atoms. The predicted molar refractivity (Wildman–Crippen MR) is 70.5 cm³/mol. The van der Waals surface area contributed by atoms with Crippen LogP contribution in [0.5, 0.6) is 11.5 Å². The molecule has 0 heterocycles. The number of rotatable bonds is 8. The van der Waals surface area contributed by atoms with Crippen molar-refractivity contribution in [3.63, 3.8) is 0 Å². The van der Waals surface area contributed by atoms with Gasteiger partial charge in [0.15, 0.2) is 0 Å². The number of methoxy groups -OCH3 is 2. The van der Waals surface area contributed by atoms with Gasteiger partial charge in [-0.25, -0.2) is 0 Å². The van der Waals surface area contributed by atoms with Gasteiger partial charge in [0.2, 0.25) is 5.91 Å². The van der Waals surface area contributed by atoms with Crippen LogP contribution in [0.15, 0.2) is 18.2 Å². The van der Waals surface area contributed by atoms with E-state index in [1.807, 2.05) is 6.07 Å². The molecule has 0 saturated carbocycles. The van der Waals surface area contributed by atoms with Gasteiger partial charge in [-0.3, -0.25) is 4.79 Å². The molecule has 0 aliphatic carbocycles. The minimum atomic E-state index is -1.23. The summed E-state index contributed by atoms with van der Waals surface area (Å²) in [6, 6.07) is 5.43. The fraction of sp³-hybridized carbons (Fsp3) is 0.429. The molecule has 1 amide bonds. The van der Waals surface area contributed by atoms with Gasteiger partial charge in [-0.15, -0.1) is 0 Å². The second-order valence-electron chi connectivity index (χ2n) is 4.15. The summed E-state index contributed by atoms with van der Waals surface area (Å²) >= 11 is 0. The summed E-state index contributed by atoms with van der Waals surface area (Å²) in [5.41, 5.74) is 0.909. The van der Waals surface area contributed by atoms with Crippen molar-refractivity contribution in [1.82, 2.24) is 5.32 Å². The molecule has 0 saturated heterocycles. The quantitative estimate of drug-likeness (QED) is 0.718. The molecule has 0 aromatic heterocycles. The number of hydrogen-bond acceptors (Lipinski definition) is 5. The van der Waals surface area contributed by atoms with Crippen molar-refractivity contribution in [2.24, 2.45) is 0 Å². The molecule has 0 aliphatic rings. The van der Waals surface area contributed by atoms with Crippen LogP contribution in [0.25, 0.3) is 0 Å². The first-order valence-electron chi connectivity index (χ1n) is 6.24. The summed E-state index contributed by atoms with van der Waals surface area (Å²) in [6.45, 7) is 0.398. The Kier molecular flexibility index (Phi) is 6.36. The molecule has 6 nitrogen and oxygen atoms in total. The van der Waals surface area contributed by atoms with Gasteiger partial charge in [-0.2, -0.15) is 0 Å². The number of carboxylic acid groups (broad SMARTS) is 1. The lowest BCUT2D eigenvalue weighted by Crippen LogP contribution is -2.29. The molecule has 6 heteroatoms. The standard InChI is InChI=1S/C14H19NO5/c1-19-11-3-4-12(20-2)10(9-11)7-8-15-13(16)5-6-14(17)18/h3-4,9H,5-8H2,1-2H3,(H,15,16)(H,17,18)/p-1. The lowest BCUT2D eigenvalue weighted by Gasteiger charge is -2.11. The minimum absolute atomic E-state index is 0.0718. The second-order valence-corrected chi connectivity index (χ2v) is 4.15. The smallest absolute Gasteiger partial charge is 0.220 e. The van der Waals surface area contributed by atoms with E-state index in [-0.39, 0.29) is 18.7 Å². The zero-order valence-electron chi connectivity index (χ0n) is 11.6. The Labute approximate surface area is 117 Å². The number of ether oxygens (including phenoxy) is 2. The van der Waals surface area contributed by atoms with Crippen molar-refractivity contribution in [2.45, 2.75) is 19.3 Å². The molecule has 110 valence electrons. The van der Waals surface area contributed by atoms with E-state index in [2.05, 4.69) is 5.32 Å². The first-order chi connectivity index (χ1) is 9.56. The number of carboxylic acids is 1. The highest BCUT2D eigenvalue weighted by Gasteiger charge is 2.06. The van der Waals surface area contributed by atoms with Gasteiger partial charge in [0.05, 0.1) is 14.2 Å². The van der Waals surface area contributed by atoms with Gasteiger partial charge in [-0.05, 0) is 36.6 Å². The predicted octanol–water partition coefficient (Wildman–Crippen LogP) is -0.107. The third kappa shape index (κ3) is 5.17. The SMILES string of the molecule is COc1ccc(OC)c(CCNC(=O)CCC(=O)[O-])c1. The average Bonchev–Trinajstić information content (AvgIpc) is 2.45. The molecule has 1 aromatic carbocycles. The van der Waals surface area contributed by atoms with E-state index in [1.54, 1.807) is 26.4 Å². The van der Waals surface area contributed by atoms with Crippen LogP contribution in [0.4, 0.5) is 0 Å². The fourth-order valence-corrected chi connectivity index (χ4v) is 1.72. The summed E-state index contributed by atoms with van der Waals surface area (Å²) in [4.78, 5) is 21.6. The Hall–Kier alpha value is -2.24. The maximum absolute atomic E-state index is 11.4. The van der Waals surface area contributed by atoms with Gasteiger partial charge >= 0.3 is 0 Å². The molecular weight excluding hydrogens is 262 g/mol. The highest BCUT2D eigenvalue weighted by atomic mass is 16.5. The lowest BCUT2D eigenvalue weighted by atomic mass is 10.1. The van der Waals surface area contributed by atoms with E-state index in [0.717, 1.165) is 11.3 Å². The van der Waals surface area contributed by atoms with Gasteiger partial charge in [-0.1, -0.05) is 0 Å². The van der Waals surface area contributed by atoms with Crippen molar-refractivity contribution in [3.05, 3.63) is 23.8 Å². The van der Waals surface area contributed by atoms with Gasteiger partial charge < -0.3 is 24.7 Å². The molecule has 20 heavy (non-hydrogen) atoms. The highest BCUT2D eigenvalue weighted by Crippen LogP contribution is 2.24. The van der Waals surface area contributed by atoms with E-state index in [1.165, 1.54) is 0 Å². The van der Waals surface area contributed by atoms with Gasteiger partial charge in [0.25, 0.3) is 0 Å². The molecule has 1 rings (SSSR count). The number of nitrogens with one attached hydrogen (secondary N) is 1. The number of carbonyl (C=O) groups is 2. The number of hydrogen-bond donors (Lipinski definition) is 1. The summed E-state index contributed by atoms with van der Waals surface area (Å²) in [6.07, 6.45) is 0.226. The van der Waals surface area contributed by atoms with Gasteiger partial charge in [0, 0.05) is 18.9 Å². The molecular formula is C14H18NO5-. The lowest BCUT2D eigenvalue weighted by molar-refractivity contribution is -0.305. The summed E-state index contributed by atoms with van der Waals surface area (Å²) in [5, 5.41) is 12.9. The van der Waals surface area contributed by atoms with Crippen molar-refractivity contribution >= 4 is 11.9 Å². The number of benzene rings is 1. The molecule has 1 aromatic rings. The van der Waals surface area contributed by atoms with Crippen LogP contribution in [-0.4, -0.2) is 32.6 Å². The highest BCUT2D eigenvalue weighted by molar-refractivity contribution is 5.79. The third-order valence-corrected chi connectivity index (χ3v) is 2.76. The Morgan fingerprint density at radius 1 is 1.20 bits per heavy atom. The van der Waals surface area contributed by atoms with Crippen LogP contribution < -0.4 is 19.9 Å². The normalized spacial score (nSPS) is 9.90. The Balaban J connectivity index is 2.48. The second kappa shape index (κ2) is 8.04. The zero-order valence-corrected chi connectivity index (χ0v) is 11.6. The Morgan fingerprint density at radius 2 is 1.95 bits per heavy atom. The average molecular weight is 280 g/mol. The van der Waals surface area contributed by atoms with E-state index in [0.29, 0.717) is 18.7 Å². The van der Waals surface area contributed by atoms with E-state index < -0.39 is 5.97 Å². The van der Waals surface area contributed by atoms with E-state index >= 15 is 0 Å². The first kappa shape index (κ1) is 15.8. The summed E-state index contributed by atoms with van der Waals surface area (Å²) in [7, 11) is 3.15. The monoisotopic (exact) mass is 280 g/mol. The van der Waals surface area contributed by atoms with Crippen LogP contribution in [-0.2, 0) is 16.0 Å². The number of amides is 1. The van der Waals surface area contributed by atoms with E-state index in [4.69, 9.17) is 9.47 Å². The summed E-state index contributed by atoms with van der Waals surface area (Å²) < 4.78 is 10.4. The van der Waals surface area contributed by atoms with Crippen LogP contribution >= 0.6 is 0 Å². The van der Waals surface area contributed by atoms with Crippen molar-refractivity contribution in [1.29, 1.82) is 0 Å². The number of carbonyl (C=O) groups excluding carboxylic acids is 2. The minimum Gasteiger partial charge on any atom is -0.550 e. The van der Waals surface area contributed by atoms with Crippen LogP contribution in [0.1, 0.15) is 18.4 Å². The topological polar surface area (TPSA) is 87.7 Å². The fourth-order valence-electron chi connectivity index (χ4n) is 1.72. The molecule has 0 aliphatic heterocycles. The molecule has 0 bridgehead atoms. The van der Waals surface area contributed by atoms with Crippen molar-refractivity contribution in [2.75, 3.05) is 20.8 Å². The summed E-state index contributed by atoms with van der Waals surface area (Å²) in [5.74, 6) is -0.107. The Morgan fingerprint density at radius 3 is 2.55 bits per heavy atom. The number of aliphatic carboxylic acids is 1. The molecule has 0 atom stereocenters. The largest absolute Gasteiger partial charge is 0.550 e. The maximum Gasteiger partial charge on any atom is 0.220 e. The third-order valence-electron chi connectivity index (χ3n) is 2.76. The zero-order chi connectivity index (χ0) is 15.0. The van der Waals surface area contributed by atoms with Crippen molar-refractivity contribution < 1.29 is 24.2 Å². The van der Waals surface area contributed by atoms with Crippen LogP contribution in [0, 0.1) is 0 Å². The van der Waals surface area contributed by atoms with Crippen molar-refractivity contribution in [3.8, 4) is 11.5 Å². The Bertz CT molecular complexity index is 473. The van der Waals surface area contributed by atoms with E-state index in [9.17, 15) is 14.7 Å². The first-order valence-corrected chi connectivity index (χ1v) is 6.24. The van der Waals surface area contributed by atoms with Gasteiger partial charge in [0.1, 0.15) is 11.5 Å².